The summed E-state index contributed by atoms with van der Waals surface area (Å²) in [6, 6.07) is 2.14. The second kappa shape index (κ2) is 10.9. The van der Waals surface area contributed by atoms with Crippen molar-refractivity contribution in [2.45, 2.75) is 60.0 Å². The van der Waals surface area contributed by atoms with Gasteiger partial charge in [-0.15, -0.1) is 0 Å². The highest BCUT2D eigenvalue weighted by Gasteiger charge is 2.35. The molecule has 33 heavy (non-hydrogen) atoms. The molecule has 1 atom stereocenters. The number of pyridine rings is 1. The van der Waals surface area contributed by atoms with Crippen molar-refractivity contribution < 1.29 is 4.79 Å². The Kier molecular flexibility index (Phi) is 8.38. The summed E-state index contributed by atoms with van der Waals surface area (Å²) in [7, 11) is 0. The lowest BCUT2D eigenvalue weighted by atomic mass is 10.0. The number of piperazine rings is 1. The molecule has 0 radical (unpaired) electrons. The van der Waals surface area contributed by atoms with Gasteiger partial charge < -0.3 is 9.80 Å². The molecular weight excluding hydrogens is 454 g/mol. The second-order valence-corrected chi connectivity index (χ2v) is 10.2. The SMILES string of the molecule is CCCn1c(N2CCN(CC)CC2)c(C=C2SC(=S)N(C(C)CC)C2=O)c(C)c(C#N)c1=O. The lowest BCUT2D eigenvalue weighted by Gasteiger charge is -2.37. The Labute approximate surface area is 206 Å². The average Bonchev–Trinajstić information content (AvgIpc) is 3.09. The summed E-state index contributed by atoms with van der Waals surface area (Å²) in [6.07, 6.45) is 3.43. The summed E-state index contributed by atoms with van der Waals surface area (Å²) in [5.41, 5.74) is 1.28. The fraction of sp³-hybridized carbons (Fsp3) is 0.583. The Balaban J connectivity index is 2.20. The van der Waals surface area contributed by atoms with Crippen molar-refractivity contribution >= 4 is 46.1 Å². The lowest BCUT2D eigenvalue weighted by Crippen LogP contribution is -2.48. The number of thioether (sulfide) groups is 1. The number of hydrogen-bond acceptors (Lipinski definition) is 7. The van der Waals surface area contributed by atoms with Crippen LogP contribution in [0.5, 0.6) is 0 Å². The van der Waals surface area contributed by atoms with Crippen molar-refractivity contribution in [2.75, 3.05) is 37.6 Å². The predicted molar refractivity (Wildman–Crippen MR) is 140 cm³/mol. The Hall–Kier alpha value is -2.15. The lowest BCUT2D eigenvalue weighted by molar-refractivity contribution is -0.123. The Morgan fingerprint density at radius 2 is 1.85 bits per heavy atom. The zero-order valence-electron chi connectivity index (χ0n) is 20.2. The van der Waals surface area contributed by atoms with Gasteiger partial charge in [-0.1, -0.05) is 44.8 Å². The summed E-state index contributed by atoms with van der Waals surface area (Å²) in [4.78, 5) is 33.3. The molecule has 0 aliphatic carbocycles. The number of aromatic nitrogens is 1. The minimum atomic E-state index is -0.255. The molecule has 0 spiro atoms. The molecule has 1 aromatic heterocycles. The zero-order chi connectivity index (χ0) is 24.3. The van der Waals surface area contributed by atoms with Crippen molar-refractivity contribution in [3.05, 3.63) is 31.9 Å². The van der Waals surface area contributed by atoms with E-state index in [1.165, 1.54) is 11.8 Å². The van der Waals surface area contributed by atoms with Crippen molar-refractivity contribution in [3.8, 4) is 6.07 Å². The minimum absolute atomic E-state index is 0.0230. The molecule has 1 amide bonds. The van der Waals surface area contributed by atoms with Gasteiger partial charge in [0.2, 0.25) is 0 Å². The molecule has 0 N–H and O–H groups in total. The molecule has 0 aromatic carbocycles. The summed E-state index contributed by atoms with van der Waals surface area (Å²) in [5, 5.41) is 9.78. The molecule has 0 saturated carbocycles. The highest BCUT2D eigenvalue weighted by atomic mass is 32.2. The second-order valence-electron chi connectivity index (χ2n) is 8.54. The molecule has 3 heterocycles. The van der Waals surface area contributed by atoms with Crippen LogP contribution < -0.4 is 10.5 Å². The van der Waals surface area contributed by atoms with E-state index in [0.717, 1.165) is 56.9 Å². The molecule has 1 aromatic rings. The maximum atomic E-state index is 13.3. The van der Waals surface area contributed by atoms with Gasteiger partial charge in [-0.25, -0.2) is 0 Å². The number of carbonyl (C=O) groups is 1. The summed E-state index contributed by atoms with van der Waals surface area (Å²) >= 11 is 6.81. The fourth-order valence-corrected chi connectivity index (χ4v) is 5.81. The zero-order valence-corrected chi connectivity index (χ0v) is 21.8. The molecular formula is C24H33N5O2S2. The standard InChI is InChI=1S/C24H33N5O2S2/c1-6-9-28-21(27-12-10-26(8-3)11-13-27)18(17(5)19(15-25)22(28)30)14-20-23(31)29(16(4)7-2)24(32)33-20/h14,16H,6-13H2,1-5H3. The van der Waals surface area contributed by atoms with E-state index in [0.29, 0.717) is 21.3 Å². The number of rotatable bonds is 7. The van der Waals surface area contributed by atoms with Crippen molar-refractivity contribution in [1.82, 2.24) is 14.4 Å². The third kappa shape index (κ3) is 4.88. The van der Waals surface area contributed by atoms with E-state index < -0.39 is 0 Å². The molecule has 9 heteroatoms. The quantitative estimate of drug-likeness (QED) is 0.430. The van der Waals surface area contributed by atoms with Crippen LogP contribution >= 0.6 is 24.0 Å². The van der Waals surface area contributed by atoms with Gasteiger partial charge in [-0.05, 0) is 44.9 Å². The smallest absolute Gasteiger partial charge is 0.270 e. The molecule has 178 valence electrons. The first-order valence-electron chi connectivity index (χ1n) is 11.7. The van der Waals surface area contributed by atoms with Crippen molar-refractivity contribution in [3.63, 3.8) is 0 Å². The van der Waals surface area contributed by atoms with Crippen molar-refractivity contribution in [2.24, 2.45) is 0 Å². The third-order valence-corrected chi connectivity index (χ3v) is 7.87. The Morgan fingerprint density at radius 3 is 2.39 bits per heavy atom. The van der Waals surface area contributed by atoms with Gasteiger partial charge in [0.05, 0.1) is 4.91 Å². The van der Waals surface area contributed by atoms with Crippen LogP contribution in [0.4, 0.5) is 5.82 Å². The number of carbonyl (C=O) groups excluding carboxylic acids is 1. The maximum Gasteiger partial charge on any atom is 0.270 e. The van der Waals surface area contributed by atoms with Crippen LogP contribution in [0.2, 0.25) is 0 Å². The minimum Gasteiger partial charge on any atom is -0.355 e. The Bertz CT molecular complexity index is 1060. The van der Waals surface area contributed by atoms with E-state index >= 15 is 0 Å². The van der Waals surface area contributed by atoms with E-state index in [1.54, 1.807) is 9.47 Å². The van der Waals surface area contributed by atoms with Crippen LogP contribution in [0, 0.1) is 18.3 Å². The van der Waals surface area contributed by atoms with E-state index in [4.69, 9.17) is 12.2 Å². The highest BCUT2D eigenvalue weighted by Crippen LogP contribution is 2.37. The van der Waals surface area contributed by atoms with E-state index in [1.807, 2.05) is 33.8 Å². The van der Waals surface area contributed by atoms with Crippen molar-refractivity contribution in [1.29, 1.82) is 5.26 Å². The van der Waals surface area contributed by atoms with Gasteiger partial charge in [0.25, 0.3) is 11.5 Å². The first kappa shape index (κ1) is 25.5. The van der Waals surface area contributed by atoms with Crippen LogP contribution in [-0.4, -0.2) is 63.4 Å². The number of nitriles is 1. The average molecular weight is 488 g/mol. The summed E-state index contributed by atoms with van der Waals surface area (Å²) in [5.74, 6) is 0.704. The van der Waals surface area contributed by atoms with Crippen LogP contribution in [0.25, 0.3) is 6.08 Å². The molecule has 2 fully saturated rings. The van der Waals surface area contributed by atoms with Gasteiger partial charge in [-0.3, -0.25) is 19.1 Å². The van der Waals surface area contributed by atoms with Crippen LogP contribution in [0.15, 0.2) is 9.70 Å². The maximum absolute atomic E-state index is 13.3. The number of nitrogens with zero attached hydrogens (tertiary/aromatic N) is 5. The van der Waals surface area contributed by atoms with Gasteiger partial charge in [0, 0.05) is 44.3 Å². The highest BCUT2D eigenvalue weighted by molar-refractivity contribution is 8.26. The number of amides is 1. The van der Waals surface area contributed by atoms with Gasteiger partial charge in [0.15, 0.2) is 0 Å². The van der Waals surface area contributed by atoms with Crippen LogP contribution in [-0.2, 0) is 11.3 Å². The van der Waals surface area contributed by atoms with E-state index in [2.05, 4.69) is 22.8 Å². The third-order valence-electron chi connectivity index (χ3n) is 6.54. The van der Waals surface area contributed by atoms with E-state index in [9.17, 15) is 14.9 Å². The molecule has 0 bridgehead atoms. The monoisotopic (exact) mass is 487 g/mol. The van der Waals surface area contributed by atoms with E-state index in [-0.39, 0.29) is 23.1 Å². The first-order chi connectivity index (χ1) is 15.8. The topological polar surface area (TPSA) is 72.6 Å². The first-order valence-corrected chi connectivity index (χ1v) is 12.9. The predicted octanol–water partition coefficient (Wildman–Crippen LogP) is 3.58. The van der Waals surface area contributed by atoms with Gasteiger partial charge >= 0.3 is 0 Å². The number of likely N-dealkylation sites (N-methyl/N-ethyl adjacent to an activating group) is 1. The largest absolute Gasteiger partial charge is 0.355 e. The molecule has 3 rings (SSSR count). The van der Waals surface area contributed by atoms with Gasteiger partial charge in [-0.2, -0.15) is 5.26 Å². The molecule has 2 aliphatic rings. The Morgan fingerprint density at radius 1 is 1.18 bits per heavy atom. The normalized spacial score (nSPS) is 19.5. The number of thiocarbonyl (C=S) groups is 1. The molecule has 2 aliphatic heterocycles. The molecule has 2 saturated heterocycles. The summed E-state index contributed by atoms with van der Waals surface area (Å²) in [6.45, 7) is 14.9. The molecule has 1 unspecified atom stereocenters. The number of hydrogen-bond donors (Lipinski definition) is 0. The van der Waals surface area contributed by atoms with Gasteiger partial charge in [0.1, 0.15) is 21.8 Å². The number of anilines is 1. The fourth-order valence-electron chi connectivity index (χ4n) is 4.37. The summed E-state index contributed by atoms with van der Waals surface area (Å²) < 4.78 is 2.28. The van der Waals surface area contributed by atoms with Crippen LogP contribution in [0.3, 0.4) is 0 Å². The van der Waals surface area contributed by atoms with Crippen LogP contribution in [0.1, 0.15) is 57.2 Å². The molecule has 7 nitrogen and oxygen atoms in total.